The van der Waals surface area contributed by atoms with E-state index < -0.39 is 28.7 Å². The number of ether oxygens (including phenoxy) is 3. The molecule has 1 atom stereocenters. The van der Waals surface area contributed by atoms with E-state index in [4.69, 9.17) is 32.7 Å². The minimum Gasteiger partial charge on any atom is -0.489 e. The standard InChI is InChI=1S/C24H22Cl2F2N2O6S2/c1-38(32,33)30-15-7-22(37-12-15)23(31)35-20(8-16-17(25)9-29-10-18(16)26)14-4-5-19(36-24(27)28)21(6-14)34-11-13-2-3-13/h4-7,9-10,12-13,20,24,30H,2-3,8,11H2,1H3/t20-/m0/s1. The van der Waals surface area contributed by atoms with Gasteiger partial charge in [-0.3, -0.25) is 9.71 Å². The summed E-state index contributed by atoms with van der Waals surface area (Å²) in [6.07, 6.45) is 4.81. The minimum absolute atomic E-state index is 0.0306. The molecule has 38 heavy (non-hydrogen) atoms. The number of rotatable bonds is 12. The predicted octanol–water partition coefficient (Wildman–Crippen LogP) is 6.35. The first-order chi connectivity index (χ1) is 18.0. The fourth-order valence-electron chi connectivity index (χ4n) is 3.47. The van der Waals surface area contributed by atoms with E-state index in [9.17, 15) is 22.0 Å². The molecule has 1 fully saturated rings. The molecule has 0 aliphatic heterocycles. The number of sulfonamides is 1. The van der Waals surface area contributed by atoms with Crippen molar-refractivity contribution in [1.82, 2.24) is 4.98 Å². The van der Waals surface area contributed by atoms with E-state index in [0.717, 1.165) is 30.4 Å². The molecule has 0 radical (unpaired) electrons. The van der Waals surface area contributed by atoms with Crippen molar-refractivity contribution in [2.24, 2.45) is 5.92 Å². The molecule has 1 aromatic carbocycles. The number of alkyl halides is 2. The van der Waals surface area contributed by atoms with E-state index in [-0.39, 0.29) is 38.5 Å². The lowest BCUT2D eigenvalue weighted by Crippen LogP contribution is -2.15. The van der Waals surface area contributed by atoms with Crippen molar-refractivity contribution < 1.29 is 36.2 Å². The molecule has 2 aromatic heterocycles. The Kier molecular flexibility index (Phi) is 8.96. The molecule has 2 heterocycles. The van der Waals surface area contributed by atoms with Crippen LogP contribution in [0.2, 0.25) is 10.0 Å². The molecule has 14 heteroatoms. The van der Waals surface area contributed by atoms with Gasteiger partial charge in [-0.15, -0.1) is 11.3 Å². The summed E-state index contributed by atoms with van der Waals surface area (Å²) in [5, 5.41) is 1.96. The maximum absolute atomic E-state index is 13.1. The summed E-state index contributed by atoms with van der Waals surface area (Å²) in [5.41, 5.74) is 1.09. The molecule has 0 bridgehead atoms. The zero-order valence-corrected chi connectivity index (χ0v) is 23.0. The summed E-state index contributed by atoms with van der Waals surface area (Å²) < 4.78 is 67.5. The second-order valence-corrected chi connectivity index (χ2v) is 12.1. The smallest absolute Gasteiger partial charge is 0.387 e. The highest BCUT2D eigenvalue weighted by molar-refractivity contribution is 7.92. The van der Waals surface area contributed by atoms with Gasteiger partial charge >= 0.3 is 12.6 Å². The van der Waals surface area contributed by atoms with Gasteiger partial charge in [-0.2, -0.15) is 8.78 Å². The lowest BCUT2D eigenvalue weighted by atomic mass is 10.0. The quantitative estimate of drug-likeness (QED) is 0.239. The van der Waals surface area contributed by atoms with E-state index in [0.29, 0.717) is 23.7 Å². The lowest BCUT2D eigenvalue weighted by molar-refractivity contribution is -0.0515. The Morgan fingerprint density at radius 1 is 1.18 bits per heavy atom. The number of pyridine rings is 1. The van der Waals surface area contributed by atoms with Gasteiger partial charge in [0.25, 0.3) is 0 Å². The Labute approximate surface area is 231 Å². The number of esters is 1. The fourth-order valence-corrected chi connectivity index (χ4v) is 5.33. The van der Waals surface area contributed by atoms with Crippen molar-refractivity contribution in [2.75, 3.05) is 17.6 Å². The second kappa shape index (κ2) is 12.0. The molecule has 0 unspecified atom stereocenters. The predicted molar refractivity (Wildman–Crippen MR) is 140 cm³/mol. The molecule has 1 aliphatic carbocycles. The summed E-state index contributed by atoms with van der Waals surface area (Å²) in [5.74, 6) is -0.464. The molecular formula is C24H22Cl2F2N2O6S2. The van der Waals surface area contributed by atoms with Gasteiger partial charge in [0, 0.05) is 24.2 Å². The van der Waals surface area contributed by atoms with Crippen LogP contribution in [0, 0.1) is 5.92 Å². The van der Waals surface area contributed by atoms with Gasteiger partial charge in [0.15, 0.2) is 11.5 Å². The Morgan fingerprint density at radius 2 is 1.89 bits per heavy atom. The number of thiophene rings is 1. The SMILES string of the molecule is CS(=O)(=O)Nc1csc(C(=O)O[C@@H](Cc2c(Cl)cncc2Cl)c2ccc(OC(F)F)c(OCC3CC3)c2)c1. The maximum Gasteiger partial charge on any atom is 0.387 e. The Morgan fingerprint density at radius 3 is 2.53 bits per heavy atom. The van der Waals surface area contributed by atoms with Gasteiger partial charge < -0.3 is 14.2 Å². The molecule has 8 nitrogen and oxygen atoms in total. The maximum atomic E-state index is 13.1. The number of hydrogen-bond donors (Lipinski definition) is 1. The summed E-state index contributed by atoms with van der Waals surface area (Å²) in [4.78, 5) is 17.1. The molecule has 0 saturated heterocycles. The highest BCUT2D eigenvalue weighted by Crippen LogP contribution is 2.38. The van der Waals surface area contributed by atoms with Crippen LogP contribution < -0.4 is 14.2 Å². The molecule has 1 N–H and O–H groups in total. The first-order valence-electron chi connectivity index (χ1n) is 11.2. The molecule has 1 saturated carbocycles. The van der Waals surface area contributed by atoms with Crippen LogP contribution in [0.1, 0.15) is 39.7 Å². The Bertz CT molecular complexity index is 1400. The number of nitrogens with zero attached hydrogens (tertiary/aromatic N) is 1. The fraction of sp³-hybridized carbons (Fsp3) is 0.333. The molecule has 4 rings (SSSR count). The zero-order valence-electron chi connectivity index (χ0n) is 19.8. The third kappa shape index (κ3) is 7.92. The van der Waals surface area contributed by atoms with Gasteiger partial charge in [-0.05, 0) is 48.1 Å². The van der Waals surface area contributed by atoms with Crippen LogP contribution in [0.5, 0.6) is 11.5 Å². The van der Waals surface area contributed by atoms with Gasteiger partial charge in [0.1, 0.15) is 11.0 Å². The van der Waals surface area contributed by atoms with E-state index >= 15 is 0 Å². The van der Waals surface area contributed by atoms with Gasteiger partial charge in [-0.25, -0.2) is 13.2 Å². The number of nitrogens with one attached hydrogen (secondary N) is 1. The molecular weight excluding hydrogens is 585 g/mol. The normalized spacial score (nSPS) is 14.3. The number of anilines is 1. The molecule has 0 spiro atoms. The number of halogens is 4. The molecule has 0 amide bonds. The van der Waals surface area contributed by atoms with Crippen molar-refractivity contribution >= 4 is 56.2 Å². The van der Waals surface area contributed by atoms with Crippen molar-refractivity contribution in [3.63, 3.8) is 0 Å². The average molecular weight is 607 g/mol. The summed E-state index contributed by atoms with van der Waals surface area (Å²) >= 11 is 13.6. The van der Waals surface area contributed by atoms with Crippen LogP contribution in [0.3, 0.4) is 0 Å². The van der Waals surface area contributed by atoms with Gasteiger partial charge in [0.2, 0.25) is 10.0 Å². The van der Waals surface area contributed by atoms with E-state index in [1.807, 2.05) is 0 Å². The summed E-state index contributed by atoms with van der Waals surface area (Å²) in [6.45, 7) is -2.72. The van der Waals surface area contributed by atoms with Crippen molar-refractivity contribution in [3.05, 3.63) is 68.1 Å². The van der Waals surface area contributed by atoms with Crippen molar-refractivity contribution in [1.29, 1.82) is 0 Å². The highest BCUT2D eigenvalue weighted by Gasteiger charge is 2.26. The summed E-state index contributed by atoms with van der Waals surface area (Å²) in [7, 11) is -3.54. The van der Waals surface area contributed by atoms with Gasteiger partial charge in [0.05, 0.1) is 28.6 Å². The zero-order chi connectivity index (χ0) is 27.4. The van der Waals surface area contributed by atoms with Crippen molar-refractivity contribution in [2.45, 2.75) is 32.0 Å². The first-order valence-corrected chi connectivity index (χ1v) is 14.8. The van der Waals surface area contributed by atoms with E-state index in [1.165, 1.54) is 42.0 Å². The largest absolute Gasteiger partial charge is 0.489 e. The van der Waals surface area contributed by atoms with Crippen LogP contribution in [0.15, 0.2) is 42.0 Å². The van der Waals surface area contributed by atoms with Crippen LogP contribution in [-0.4, -0.2) is 38.8 Å². The van der Waals surface area contributed by atoms with Crippen LogP contribution in [0.4, 0.5) is 14.5 Å². The van der Waals surface area contributed by atoms with E-state index in [1.54, 1.807) is 0 Å². The second-order valence-electron chi connectivity index (χ2n) is 8.59. The first kappa shape index (κ1) is 28.3. The number of aromatic nitrogens is 1. The van der Waals surface area contributed by atoms with Crippen LogP contribution in [-0.2, 0) is 21.2 Å². The third-order valence-corrected chi connectivity index (χ3v) is 7.59. The lowest BCUT2D eigenvalue weighted by Gasteiger charge is -2.21. The number of carbonyl (C=O) groups excluding carboxylic acids is 1. The number of hydrogen-bond acceptors (Lipinski definition) is 8. The number of carbonyl (C=O) groups is 1. The Hall–Kier alpha value is -2.67. The van der Waals surface area contributed by atoms with Crippen LogP contribution >= 0.6 is 34.5 Å². The van der Waals surface area contributed by atoms with Gasteiger partial charge in [-0.1, -0.05) is 29.3 Å². The van der Waals surface area contributed by atoms with Crippen LogP contribution in [0.25, 0.3) is 0 Å². The van der Waals surface area contributed by atoms with Crippen molar-refractivity contribution in [3.8, 4) is 11.5 Å². The molecule has 204 valence electrons. The topological polar surface area (TPSA) is 104 Å². The Balaban J connectivity index is 1.65. The average Bonchev–Trinajstić information content (AvgIpc) is 3.55. The molecule has 3 aromatic rings. The van der Waals surface area contributed by atoms with E-state index in [2.05, 4.69) is 14.4 Å². The summed E-state index contributed by atoms with van der Waals surface area (Å²) in [6, 6.07) is 5.63. The molecule has 1 aliphatic rings. The number of benzene rings is 1. The monoisotopic (exact) mass is 606 g/mol. The third-order valence-electron chi connectivity index (χ3n) is 5.42. The highest BCUT2D eigenvalue weighted by atomic mass is 35.5. The minimum atomic E-state index is -3.54.